The molecule has 21 heavy (non-hydrogen) atoms. The molecule has 0 N–H and O–H groups in total. The van der Waals surface area contributed by atoms with E-state index >= 15 is 0 Å². The number of hydrogen-bond donors (Lipinski definition) is 0. The summed E-state index contributed by atoms with van der Waals surface area (Å²) < 4.78 is 11.0. The van der Waals surface area contributed by atoms with Gasteiger partial charge in [0.1, 0.15) is 0 Å². The van der Waals surface area contributed by atoms with Crippen LogP contribution in [0.5, 0.6) is 5.75 Å². The van der Waals surface area contributed by atoms with Crippen LogP contribution in [0.4, 0.5) is 0 Å². The van der Waals surface area contributed by atoms with Crippen LogP contribution >= 0.6 is 15.9 Å². The molecule has 1 aromatic heterocycles. The summed E-state index contributed by atoms with van der Waals surface area (Å²) in [4.78, 5) is 4.69. The minimum atomic E-state index is 0.369. The fourth-order valence-electron chi connectivity index (χ4n) is 2.95. The Morgan fingerprint density at radius 3 is 2.86 bits per heavy atom. The third-order valence-electron chi connectivity index (χ3n) is 4.34. The quantitative estimate of drug-likeness (QED) is 0.510. The number of nitrogens with zero attached hydrogens (tertiary/aromatic N) is 2. The van der Waals surface area contributed by atoms with Gasteiger partial charge in [-0.1, -0.05) is 0 Å². The molecule has 0 bridgehead atoms. The Balaban J connectivity index is 2.01. The van der Waals surface area contributed by atoms with Gasteiger partial charge < -0.3 is 0 Å². The molecule has 3 rings (SSSR count). The number of benzene rings is 1. The molecule has 2 heterocycles. The molecule has 1 unspecified atom stereocenters. The van der Waals surface area contributed by atoms with E-state index < -0.39 is 0 Å². The molecule has 0 saturated carbocycles. The van der Waals surface area contributed by atoms with E-state index in [-0.39, 0.29) is 0 Å². The Bertz CT molecular complexity index is 687. The number of fused-ring (bicyclic) bond motifs is 1. The Morgan fingerprint density at radius 1 is 1.43 bits per heavy atom. The zero-order valence-electron chi connectivity index (χ0n) is 13.0. The van der Waals surface area contributed by atoms with Gasteiger partial charge in [-0.2, -0.15) is 0 Å². The van der Waals surface area contributed by atoms with E-state index in [1.54, 1.807) is 0 Å². The summed E-state index contributed by atoms with van der Waals surface area (Å²) in [5.74, 6) is 0.999. The molecule has 3 nitrogen and oxygen atoms in total. The fraction of sp³-hybridized carbons (Fsp3) is 0.400. The molecule has 1 aromatic carbocycles. The summed E-state index contributed by atoms with van der Waals surface area (Å²) in [5, 5.41) is 1.12. The van der Waals surface area contributed by atoms with Gasteiger partial charge in [0.2, 0.25) is 0 Å². The van der Waals surface area contributed by atoms with E-state index in [4.69, 9.17) is 4.74 Å². The summed E-state index contributed by atoms with van der Waals surface area (Å²) in [7, 11) is 0. The molecule has 1 saturated heterocycles. The zero-order chi connectivity index (χ0) is 15.1. The second-order valence-electron chi connectivity index (χ2n) is 6.12. The topological polar surface area (TPSA) is 25.4 Å². The Hall–Kier alpha value is 2.14. The van der Waals surface area contributed by atoms with Crippen molar-refractivity contribution >= 4 is 82.4 Å². The van der Waals surface area contributed by atoms with Crippen LogP contribution in [-0.4, -0.2) is 72.7 Å². The van der Waals surface area contributed by atoms with Crippen LogP contribution in [-0.2, 0) is 0 Å². The van der Waals surface area contributed by atoms with E-state index in [0.29, 0.717) is 105 Å². The third kappa shape index (κ3) is 4.04. The first kappa shape index (κ1) is 17.9. The van der Waals surface area contributed by atoms with Crippen molar-refractivity contribution in [3.63, 3.8) is 0 Å². The maximum absolute atomic E-state index is 6.37. The van der Waals surface area contributed by atoms with Crippen LogP contribution in [0.2, 0.25) is 0 Å². The summed E-state index contributed by atoms with van der Waals surface area (Å²) in [5.41, 5.74) is 3.25. The zero-order valence-corrected chi connectivity index (χ0v) is 27.7. The summed E-state index contributed by atoms with van der Waals surface area (Å²) in [6.45, 7) is 5.28. The molecule has 1 fully saturated rings. The van der Waals surface area contributed by atoms with Crippen molar-refractivity contribution in [1.82, 2.24) is 5.42 Å². The van der Waals surface area contributed by atoms with Crippen LogP contribution < -0.4 is 4.74 Å². The Kier molecular flexibility index (Phi) is 6.48. The van der Waals surface area contributed by atoms with Crippen molar-refractivity contribution in [3.05, 3.63) is 33.9 Å². The standard InChI is InChI=1S/C15H15BrN2O.Ra.Rb.H/c1-9-3-4-12-13(19-11-5-6-17-8-11)7-10(2)18-15(12)14(9)16;;;/h3-4,6-7,11H,5,8H2,1-2H3;;;/q-1;+1;;/t11-;;;/m1.../s1. The molecule has 0 radical (unpaired) electrons. The monoisotopic (exact) mass is 630 g/mol. The Labute approximate surface area is 203 Å². The van der Waals surface area contributed by atoms with Gasteiger partial charge in [0, 0.05) is 0 Å². The average molecular weight is 632 g/mol. The van der Waals surface area contributed by atoms with Crippen molar-refractivity contribution in [1.29, 1.82) is 0 Å². The predicted octanol–water partition coefficient (Wildman–Crippen LogP) is 2.76. The predicted molar refractivity (Wildman–Crippen MR) is 85.6 cm³/mol. The summed E-state index contributed by atoms with van der Waals surface area (Å²) >= 11 is 4.86. The van der Waals surface area contributed by atoms with Gasteiger partial charge in [-0.25, -0.2) is 0 Å². The van der Waals surface area contributed by atoms with E-state index in [2.05, 4.69) is 46.5 Å². The van der Waals surface area contributed by atoms with Gasteiger partial charge >= 0.3 is 207 Å². The van der Waals surface area contributed by atoms with E-state index in [9.17, 15) is 0 Å². The molecule has 2 aromatic rings. The van der Waals surface area contributed by atoms with Crippen molar-refractivity contribution in [2.75, 3.05) is 6.54 Å². The van der Waals surface area contributed by atoms with Crippen LogP contribution in [0.1, 0.15) is 17.7 Å². The molecule has 0 spiro atoms. The van der Waals surface area contributed by atoms with Gasteiger partial charge in [-0.05, 0) is 0 Å². The first-order chi connectivity index (χ1) is 9.95. The first-order valence-corrected chi connectivity index (χ1v) is 14.7. The molecule has 2 atom stereocenters. The molecule has 0 aliphatic carbocycles. The minimum absolute atomic E-state index is 0.369. The van der Waals surface area contributed by atoms with E-state index in [1.807, 2.05) is 6.92 Å². The number of hydrogen-bond acceptors (Lipinski definition) is 3. The normalized spacial score (nSPS) is 22.9. The van der Waals surface area contributed by atoms with Gasteiger partial charge in [0.25, 0.3) is 0 Å². The van der Waals surface area contributed by atoms with Crippen LogP contribution in [0, 0.1) is 57.1 Å². The number of pyridine rings is 1. The number of halogens is 1. The first-order valence-electron chi connectivity index (χ1n) is 7.39. The molecule has 6 heteroatoms. The molecule has 0 amide bonds. The molecular weight excluding hydrogens is 616 g/mol. The molecule has 1 aliphatic heterocycles. The third-order valence-corrected chi connectivity index (χ3v) is 24.2. The Morgan fingerprint density at radius 2 is 2.19 bits per heavy atom. The van der Waals surface area contributed by atoms with Crippen molar-refractivity contribution in [3.8, 4) is 5.75 Å². The van der Waals surface area contributed by atoms with E-state index in [0.717, 1.165) is 32.5 Å². The number of ether oxygens (including phenoxy) is 1. The average Bonchev–Trinajstić information content (AvgIpc) is 2.73. The second kappa shape index (κ2) is 7.58. The SMILES string of the molecule is Cc1cc(O[C@@H]2C[CH]([Rb])[N]([RaH])C2)c2ccc(C)c(Br)c2n1. The molecule has 1 aliphatic rings. The number of rotatable bonds is 2. The second-order valence-corrected chi connectivity index (χ2v) is 14.9. The number of aryl methyl sites for hydroxylation is 2. The van der Waals surface area contributed by atoms with Gasteiger partial charge in [0.05, 0.1) is 0 Å². The maximum atomic E-state index is 6.37. The van der Waals surface area contributed by atoms with Crippen molar-refractivity contribution < 1.29 is 47.9 Å². The number of aromatic nitrogens is 1. The van der Waals surface area contributed by atoms with Crippen LogP contribution in [0.25, 0.3) is 10.9 Å². The van der Waals surface area contributed by atoms with Crippen molar-refractivity contribution in [2.24, 2.45) is 0 Å². The van der Waals surface area contributed by atoms with Gasteiger partial charge in [-0.3, -0.25) is 0 Å². The van der Waals surface area contributed by atoms with E-state index in [1.165, 1.54) is 12.0 Å². The summed E-state index contributed by atoms with van der Waals surface area (Å²) in [6.07, 6.45) is 1.60. The van der Waals surface area contributed by atoms with Gasteiger partial charge in [0.15, 0.2) is 0 Å². The molecule has 102 valence electrons. The fourth-order valence-corrected chi connectivity index (χ4v) is 7.73. The van der Waals surface area contributed by atoms with Crippen LogP contribution in [0.3, 0.4) is 0 Å². The van der Waals surface area contributed by atoms with Gasteiger partial charge in [-0.15, -0.1) is 0 Å². The van der Waals surface area contributed by atoms with Crippen LogP contribution in [0.15, 0.2) is 22.7 Å². The summed E-state index contributed by atoms with van der Waals surface area (Å²) in [6, 6.07) is 6.35. The van der Waals surface area contributed by atoms with Crippen molar-refractivity contribution in [2.45, 2.75) is 25.5 Å². The molecular formula is C15H16BrN2ORaRb.